The molecule has 106 valence electrons. The number of hydrogen-bond acceptors (Lipinski definition) is 6. The standard InChI is InChI=1S/C13H22N4OS/c1-11-14-15-13(19-11)17-4-2-3-12(10-17)9-16-5-7-18-8-6-16/h12H,2-10H2,1H3. The second kappa shape index (κ2) is 6.15. The van der Waals surface area contributed by atoms with Gasteiger partial charge in [-0.05, 0) is 25.7 Å². The van der Waals surface area contributed by atoms with Gasteiger partial charge in [-0.1, -0.05) is 11.3 Å². The van der Waals surface area contributed by atoms with Crippen LogP contribution in [0.15, 0.2) is 0 Å². The van der Waals surface area contributed by atoms with Gasteiger partial charge < -0.3 is 9.64 Å². The lowest BCUT2D eigenvalue weighted by Gasteiger charge is -2.36. The highest BCUT2D eigenvalue weighted by molar-refractivity contribution is 7.15. The zero-order valence-electron chi connectivity index (χ0n) is 11.5. The lowest BCUT2D eigenvalue weighted by Crippen LogP contribution is -2.44. The van der Waals surface area contributed by atoms with Crippen molar-refractivity contribution >= 4 is 16.5 Å². The smallest absolute Gasteiger partial charge is 0.208 e. The summed E-state index contributed by atoms with van der Waals surface area (Å²) < 4.78 is 5.41. The van der Waals surface area contributed by atoms with E-state index in [1.807, 2.05) is 6.92 Å². The second-order valence-corrected chi connectivity index (χ2v) is 6.63. The molecule has 3 heterocycles. The van der Waals surface area contributed by atoms with Crippen LogP contribution in [0.25, 0.3) is 0 Å². The fourth-order valence-electron chi connectivity index (χ4n) is 2.95. The highest BCUT2D eigenvalue weighted by Gasteiger charge is 2.24. The van der Waals surface area contributed by atoms with Crippen molar-refractivity contribution < 1.29 is 4.74 Å². The average molecular weight is 282 g/mol. The highest BCUT2D eigenvalue weighted by Crippen LogP contribution is 2.26. The van der Waals surface area contributed by atoms with Crippen molar-refractivity contribution in [2.75, 3.05) is 50.8 Å². The summed E-state index contributed by atoms with van der Waals surface area (Å²) in [5.41, 5.74) is 0. The van der Waals surface area contributed by atoms with E-state index in [0.29, 0.717) is 0 Å². The summed E-state index contributed by atoms with van der Waals surface area (Å²) in [5.74, 6) is 0.760. The van der Waals surface area contributed by atoms with E-state index in [1.165, 1.54) is 19.4 Å². The molecule has 0 N–H and O–H groups in total. The number of anilines is 1. The molecule has 0 amide bonds. The first kappa shape index (κ1) is 13.3. The zero-order chi connectivity index (χ0) is 13.1. The number of ether oxygens (including phenoxy) is 1. The average Bonchev–Trinajstić information content (AvgIpc) is 2.87. The van der Waals surface area contributed by atoms with Crippen LogP contribution in [0.4, 0.5) is 5.13 Å². The summed E-state index contributed by atoms with van der Waals surface area (Å²) in [6, 6.07) is 0. The maximum Gasteiger partial charge on any atom is 0.208 e. The lowest BCUT2D eigenvalue weighted by atomic mass is 9.97. The molecular weight excluding hydrogens is 260 g/mol. The van der Waals surface area contributed by atoms with Crippen molar-refractivity contribution in [1.29, 1.82) is 0 Å². The van der Waals surface area contributed by atoms with E-state index >= 15 is 0 Å². The fraction of sp³-hybridized carbons (Fsp3) is 0.846. The molecule has 2 aliphatic heterocycles. The predicted molar refractivity (Wildman–Crippen MR) is 76.8 cm³/mol. The van der Waals surface area contributed by atoms with Gasteiger partial charge in [-0.3, -0.25) is 4.90 Å². The van der Waals surface area contributed by atoms with Gasteiger partial charge in [0.05, 0.1) is 13.2 Å². The summed E-state index contributed by atoms with van der Waals surface area (Å²) in [6.45, 7) is 9.47. The number of hydrogen-bond donors (Lipinski definition) is 0. The number of rotatable bonds is 3. The molecule has 19 heavy (non-hydrogen) atoms. The van der Waals surface area contributed by atoms with Crippen LogP contribution in [-0.4, -0.2) is 61.0 Å². The SMILES string of the molecule is Cc1nnc(N2CCCC(CN3CCOCC3)C2)s1. The van der Waals surface area contributed by atoms with Crippen LogP contribution in [0, 0.1) is 12.8 Å². The first-order valence-electron chi connectivity index (χ1n) is 7.16. The Hall–Kier alpha value is -0.720. The van der Waals surface area contributed by atoms with Gasteiger partial charge in [0.2, 0.25) is 5.13 Å². The Bertz CT molecular complexity index is 405. The Labute approximate surface area is 118 Å². The Morgan fingerprint density at radius 2 is 2.11 bits per heavy atom. The molecule has 1 unspecified atom stereocenters. The number of piperidine rings is 1. The number of aryl methyl sites for hydroxylation is 1. The molecule has 2 fully saturated rings. The molecule has 2 saturated heterocycles. The summed E-state index contributed by atoms with van der Waals surface area (Å²) in [7, 11) is 0. The van der Waals surface area contributed by atoms with Gasteiger partial charge in [0.15, 0.2) is 0 Å². The largest absolute Gasteiger partial charge is 0.379 e. The summed E-state index contributed by atoms with van der Waals surface area (Å²) in [5, 5.41) is 10.6. The summed E-state index contributed by atoms with van der Waals surface area (Å²) >= 11 is 1.71. The van der Waals surface area contributed by atoms with Crippen LogP contribution in [-0.2, 0) is 4.74 Å². The Morgan fingerprint density at radius 3 is 2.84 bits per heavy atom. The molecule has 5 nitrogen and oxygen atoms in total. The van der Waals surface area contributed by atoms with Gasteiger partial charge in [-0.25, -0.2) is 0 Å². The van der Waals surface area contributed by atoms with Gasteiger partial charge in [0.25, 0.3) is 0 Å². The first-order chi connectivity index (χ1) is 9.31. The molecule has 0 aromatic carbocycles. The third-order valence-electron chi connectivity index (χ3n) is 3.92. The molecule has 0 spiro atoms. The lowest BCUT2D eigenvalue weighted by molar-refractivity contribution is 0.0296. The van der Waals surface area contributed by atoms with E-state index in [0.717, 1.165) is 55.4 Å². The van der Waals surface area contributed by atoms with E-state index in [1.54, 1.807) is 11.3 Å². The Kier molecular flexibility index (Phi) is 4.30. The maximum atomic E-state index is 5.41. The van der Waals surface area contributed by atoms with Gasteiger partial charge in [-0.15, -0.1) is 10.2 Å². The molecule has 0 bridgehead atoms. The van der Waals surface area contributed by atoms with Crippen LogP contribution in [0.2, 0.25) is 0 Å². The van der Waals surface area contributed by atoms with Gasteiger partial charge in [0.1, 0.15) is 5.01 Å². The molecule has 1 atom stereocenters. The summed E-state index contributed by atoms with van der Waals surface area (Å²) in [6.07, 6.45) is 2.61. The maximum absolute atomic E-state index is 5.41. The minimum Gasteiger partial charge on any atom is -0.379 e. The topological polar surface area (TPSA) is 41.5 Å². The van der Waals surface area contributed by atoms with E-state index in [4.69, 9.17) is 4.74 Å². The van der Waals surface area contributed by atoms with E-state index in [9.17, 15) is 0 Å². The van der Waals surface area contributed by atoms with Crippen LogP contribution >= 0.6 is 11.3 Å². The van der Waals surface area contributed by atoms with E-state index in [2.05, 4.69) is 20.0 Å². The van der Waals surface area contributed by atoms with Gasteiger partial charge in [-0.2, -0.15) is 0 Å². The Morgan fingerprint density at radius 1 is 1.26 bits per heavy atom. The van der Waals surface area contributed by atoms with Gasteiger partial charge in [0, 0.05) is 32.7 Å². The number of morpholine rings is 1. The van der Waals surface area contributed by atoms with Crippen molar-refractivity contribution in [3.63, 3.8) is 0 Å². The molecule has 0 aliphatic carbocycles. The van der Waals surface area contributed by atoms with Crippen LogP contribution in [0.1, 0.15) is 17.8 Å². The van der Waals surface area contributed by atoms with Crippen LogP contribution in [0.5, 0.6) is 0 Å². The van der Waals surface area contributed by atoms with Crippen LogP contribution < -0.4 is 4.90 Å². The highest BCUT2D eigenvalue weighted by atomic mass is 32.1. The van der Waals surface area contributed by atoms with Gasteiger partial charge >= 0.3 is 0 Å². The molecule has 0 saturated carbocycles. The molecule has 1 aromatic heterocycles. The van der Waals surface area contributed by atoms with Crippen molar-refractivity contribution in [2.45, 2.75) is 19.8 Å². The summed E-state index contributed by atoms with van der Waals surface area (Å²) in [4.78, 5) is 4.96. The minimum atomic E-state index is 0.760. The number of aromatic nitrogens is 2. The molecule has 2 aliphatic rings. The van der Waals surface area contributed by atoms with Crippen molar-refractivity contribution in [2.24, 2.45) is 5.92 Å². The van der Waals surface area contributed by atoms with E-state index < -0.39 is 0 Å². The third-order valence-corrected chi connectivity index (χ3v) is 4.82. The van der Waals surface area contributed by atoms with E-state index in [-0.39, 0.29) is 0 Å². The van der Waals surface area contributed by atoms with Crippen molar-refractivity contribution in [3.8, 4) is 0 Å². The molecular formula is C13H22N4OS. The fourth-order valence-corrected chi connectivity index (χ4v) is 3.67. The molecule has 6 heteroatoms. The zero-order valence-corrected chi connectivity index (χ0v) is 12.4. The monoisotopic (exact) mass is 282 g/mol. The molecule has 3 rings (SSSR count). The quantitative estimate of drug-likeness (QED) is 0.838. The molecule has 1 aromatic rings. The normalized spacial score (nSPS) is 25.7. The second-order valence-electron chi connectivity index (χ2n) is 5.47. The minimum absolute atomic E-state index is 0.760. The predicted octanol–water partition coefficient (Wildman–Crippen LogP) is 1.40. The number of nitrogens with zero attached hydrogens (tertiary/aromatic N) is 4. The van der Waals surface area contributed by atoms with Crippen molar-refractivity contribution in [1.82, 2.24) is 15.1 Å². The first-order valence-corrected chi connectivity index (χ1v) is 7.98. The third kappa shape index (κ3) is 3.43. The van der Waals surface area contributed by atoms with Crippen LogP contribution in [0.3, 0.4) is 0 Å². The Balaban J connectivity index is 1.55. The van der Waals surface area contributed by atoms with Crippen molar-refractivity contribution in [3.05, 3.63) is 5.01 Å². The molecule has 0 radical (unpaired) electrons.